The molecule has 1 aliphatic heterocycles. The Labute approximate surface area is 122 Å². The molecule has 2 nitrogen and oxygen atoms in total. The van der Waals surface area contributed by atoms with Gasteiger partial charge in [0.05, 0.1) is 10.7 Å². The minimum Gasteiger partial charge on any atom is -0.367 e. The molecule has 106 valence electrons. The number of halogens is 1. The van der Waals surface area contributed by atoms with Crippen molar-refractivity contribution in [2.45, 2.75) is 52.1 Å². The van der Waals surface area contributed by atoms with Gasteiger partial charge in [-0.3, -0.25) is 0 Å². The monoisotopic (exact) mass is 280 g/mol. The van der Waals surface area contributed by atoms with Crippen LogP contribution in [-0.4, -0.2) is 19.1 Å². The predicted octanol–water partition coefficient (Wildman–Crippen LogP) is 4.22. The lowest BCUT2D eigenvalue weighted by atomic mass is 10.0. The molecule has 1 aromatic carbocycles. The topological polar surface area (TPSA) is 15.3 Å². The highest BCUT2D eigenvalue weighted by molar-refractivity contribution is 6.33. The van der Waals surface area contributed by atoms with E-state index in [9.17, 15) is 0 Å². The van der Waals surface area contributed by atoms with Crippen LogP contribution < -0.4 is 10.2 Å². The third kappa shape index (κ3) is 3.64. The Morgan fingerprint density at radius 1 is 1.37 bits per heavy atom. The van der Waals surface area contributed by atoms with Gasteiger partial charge in [-0.05, 0) is 50.8 Å². The van der Waals surface area contributed by atoms with E-state index in [0.29, 0.717) is 6.04 Å². The summed E-state index contributed by atoms with van der Waals surface area (Å²) >= 11 is 6.47. The second-order valence-electron chi connectivity index (χ2n) is 5.46. The van der Waals surface area contributed by atoms with Gasteiger partial charge < -0.3 is 10.2 Å². The van der Waals surface area contributed by atoms with Gasteiger partial charge in [0.1, 0.15) is 0 Å². The first-order valence-corrected chi connectivity index (χ1v) is 7.86. The average molecular weight is 281 g/mol. The fraction of sp³-hybridized carbons (Fsp3) is 0.625. The Kier molecular flexibility index (Phi) is 5.53. The number of anilines is 1. The summed E-state index contributed by atoms with van der Waals surface area (Å²) < 4.78 is 0. The number of para-hydroxylation sites is 1. The largest absolute Gasteiger partial charge is 0.367 e. The smallest absolute Gasteiger partial charge is 0.0643 e. The molecule has 1 aliphatic rings. The van der Waals surface area contributed by atoms with Crippen LogP contribution in [0, 0.1) is 0 Å². The molecule has 0 saturated carbocycles. The van der Waals surface area contributed by atoms with E-state index >= 15 is 0 Å². The third-order valence-electron chi connectivity index (χ3n) is 3.90. The summed E-state index contributed by atoms with van der Waals surface area (Å²) in [5, 5.41) is 4.38. The van der Waals surface area contributed by atoms with Crippen LogP contribution in [0.25, 0.3) is 0 Å². The van der Waals surface area contributed by atoms with Crippen LogP contribution >= 0.6 is 11.6 Å². The lowest BCUT2D eigenvalue weighted by Gasteiger charge is -2.37. The molecule has 2 rings (SSSR count). The maximum atomic E-state index is 6.47. The standard InChI is InChI=1S/C16H25ClN2/c1-3-10-18-12-14-8-6-9-15(17)16(14)19-11-5-4-7-13(19)2/h6,8-9,13,18H,3-5,7,10-12H2,1-2H3. The van der Waals surface area contributed by atoms with Gasteiger partial charge in [0, 0.05) is 19.1 Å². The highest BCUT2D eigenvalue weighted by Gasteiger charge is 2.22. The summed E-state index contributed by atoms with van der Waals surface area (Å²) in [6.45, 7) is 7.60. The first kappa shape index (κ1) is 14.7. The zero-order chi connectivity index (χ0) is 13.7. The number of nitrogens with one attached hydrogen (secondary N) is 1. The highest BCUT2D eigenvalue weighted by Crippen LogP contribution is 2.34. The predicted molar refractivity (Wildman–Crippen MR) is 84.1 cm³/mol. The lowest BCUT2D eigenvalue weighted by Crippen LogP contribution is -2.38. The van der Waals surface area contributed by atoms with E-state index in [4.69, 9.17) is 11.6 Å². The number of hydrogen-bond acceptors (Lipinski definition) is 2. The molecule has 3 heteroatoms. The molecule has 1 saturated heterocycles. The molecule has 0 radical (unpaired) electrons. The van der Waals surface area contributed by atoms with E-state index in [0.717, 1.165) is 31.1 Å². The SMILES string of the molecule is CCCNCc1cccc(Cl)c1N1CCCCC1C. The number of rotatable bonds is 5. The number of benzene rings is 1. The summed E-state index contributed by atoms with van der Waals surface area (Å²) in [4.78, 5) is 2.49. The van der Waals surface area contributed by atoms with Gasteiger partial charge in [-0.1, -0.05) is 30.7 Å². The second kappa shape index (κ2) is 7.16. The van der Waals surface area contributed by atoms with Crippen LogP contribution in [0.3, 0.4) is 0 Å². The molecule has 0 aliphatic carbocycles. The molecule has 1 fully saturated rings. The molecule has 0 amide bonds. The fourth-order valence-corrected chi connectivity index (χ4v) is 3.16. The van der Waals surface area contributed by atoms with E-state index in [2.05, 4.69) is 36.2 Å². The van der Waals surface area contributed by atoms with Crippen LogP contribution in [0.2, 0.25) is 5.02 Å². The Morgan fingerprint density at radius 2 is 2.21 bits per heavy atom. The maximum absolute atomic E-state index is 6.47. The van der Waals surface area contributed by atoms with E-state index in [1.165, 1.54) is 30.5 Å². The van der Waals surface area contributed by atoms with Crippen molar-refractivity contribution in [3.8, 4) is 0 Å². The van der Waals surface area contributed by atoms with Crippen LogP contribution in [-0.2, 0) is 6.54 Å². The molecular formula is C16H25ClN2. The summed E-state index contributed by atoms with van der Waals surface area (Å²) in [6, 6.07) is 6.87. The molecule has 0 aromatic heterocycles. The van der Waals surface area contributed by atoms with E-state index < -0.39 is 0 Å². The van der Waals surface area contributed by atoms with Crippen molar-refractivity contribution >= 4 is 17.3 Å². The first-order chi connectivity index (χ1) is 9.24. The van der Waals surface area contributed by atoms with Gasteiger partial charge in [-0.2, -0.15) is 0 Å². The summed E-state index contributed by atoms with van der Waals surface area (Å²) in [7, 11) is 0. The minimum atomic E-state index is 0.596. The molecule has 1 aromatic rings. The molecule has 0 bridgehead atoms. The van der Waals surface area contributed by atoms with Gasteiger partial charge in [-0.15, -0.1) is 0 Å². The summed E-state index contributed by atoms with van der Waals surface area (Å²) in [5.74, 6) is 0. The minimum absolute atomic E-state index is 0.596. The number of piperidine rings is 1. The molecule has 19 heavy (non-hydrogen) atoms. The van der Waals surface area contributed by atoms with Gasteiger partial charge in [0.25, 0.3) is 0 Å². The average Bonchev–Trinajstić information content (AvgIpc) is 2.41. The maximum Gasteiger partial charge on any atom is 0.0643 e. The Balaban J connectivity index is 2.21. The van der Waals surface area contributed by atoms with Crippen molar-refractivity contribution in [3.63, 3.8) is 0 Å². The van der Waals surface area contributed by atoms with Crippen LogP contribution in [0.5, 0.6) is 0 Å². The van der Waals surface area contributed by atoms with Crippen LogP contribution in [0.15, 0.2) is 18.2 Å². The van der Waals surface area contributed by atoms with Gasteiger partial charge in [-0.25, -0.2) is 0 Å². The summed E-state index contributed by atoms with van der Waals surface area (Å²) in [5.41, 5.74) is 2.58. The molecule has 0 spiro atoms. The fourth-order valence-electron chi connectivity index (χ4n) is 2.85. The Morgan fingerprint density at radius 3 is 2.95 bits per heavy atom. The Hall–Kier alpha value is -0.730. The zero-order valence-corrected chi connectivity index (χ0v) is 12.8. The van der Waals surface area contributed by atoms with Crippen molar-refractivity contribution in [1.82, 2.24) is 5.32 Å². The van der Waals surface area contributed by atoms with Crippen molar-refractivity contribution in [1.29, 1.82) is 0 Å². The quantitative estimate of drug-likeness (QED) is 0.813. The lowest BCUT2D eigenvalue weighted by molar-refractivity contribution is 0.483. The zero-order valence-electron chi connectivity index (χ0n) is 12.1. The molecule has 1 unspecified atom stereocenters. The van der Waals surface area contributed by atoms with Crippen molar-refractivity contribution in [2.75, 3.05) is 18.0 Å². The highest BCUT2D eigenvalue weighted by atomic mass is 35.5. The van der Waals surface area contributed by atoms with Crippen molar-refractivity contribution in [2.24, 2.45) is 0 Å². The van der Waals surface area contributed by atoms with E-state index in [1.54, 1.807) is 0 Å². The second-order valence-corrected chi connectivity index (χ2v) is 5.87. The number of hydrogen-bond donors (Lipinski definition) is 1. The van der Waals surface area contributed by atoms with Crippen LogP contribution in [0.4, 0.5) is 5.69 Å². The molecule has 1 atom stereocenters. The molecule has 1 N–H and O–H groups in total. The van der Waals surface area contributed by atoms with Gasteiger partial charge in [0.2, 0.25) is 0 Å². The van der Waals surface area contributed by atoms with Gasteiger partial charge in [0.15, 0.2) is 0 Å². The van der Waals surface area contributed by atoms with Crippen LogP contribution in [0.1, 0.15) is 45.1 Å². The van der Waals surface area contributed by atoms with E-state index in [-0.39, 0.29) is 0 Å². The molecule has 1 heterocycles. The summed E-state index contributed by atoms with van der Waals surface area (Å²) in [6.07, 6.45) is 5.05. The number of nitrogens with zero attached hydrogens (tertiary/aromatic N) is 1. The normalized spacial score (nSPS) is 19.7. The van der Waals surface area contributed by atoms with E-state index in [1.807, 2.05) is 6.07 Å². The van der Waals surface area contributed by atoms with Crippen molar-refractivity contribution < 1.29 is 0 Å². The van der Waals surface area contributed by atoms with Gasteiger partial charge >= 0.3 is 0 Å². The molecular weight excluding hydrogens is 256 g/mol. The Bertz CT molecular complexity index is 406. The van der Waals surface area contributed by atoms with Crippen molar-refractivity contribution in [3.05, 3.63) is 28.8 Å². The third-order valence-corrected chi connectivity index (χ3v) is 4.21. The first-order valence-electron chi connectivity index (χ1n) is 7.48.